The average Bonchev–Trinajstić information content (AvgIpc) is 2.17. The van der Waals surface area contributed by atoms with Gasteiger partial charge in [0.1, 0.15) is 23.5 Å². The number of rotatable bonds is 2. The van der Waals surface area contributed by atoms with Crippen molar-refractivity contribution in [3.05, 3.63) is 16.8 Å². The highest BCUT2D eigenvalue weighted by Crippen LogP contribution is 2.23. The zero-order valence-electron chi connectivity index (χ0n) is 8.19. The SMILES string of the molecule is N#Cc1c(N)nc(CC(N)=O)c(C#N)c1N. The minimum absolute atomic E-state index is 0.0375. The fourth-order valence-corrected chi connectivity index (χ4v) is 1.21. The normalized spacial score (nSPS) is 9.12. The van der Waals surface area contributed by atoms with Gasteiger partial charge in [-0.05, 0) is 0 Å². The zero-order valence-corrected chi connectivity index (χ0v) is 8.19. The quantitative estimate of drug-likeness (QED) is 0.576. The summed E-state index contributed by atoms with van der Waals surface area (Å²) in [5, 5.41) is 17.6. The summed E-state index contributed by atoms with van der Waals surface area (Å²) in [5.41, 5.74) is 15.9. The van der Waals surface area contributed by atoms with E-state index in [9.17, 15) is 4.79 Å². The number of hydrogen-bond donors (Lipinski definition) is 3. The van der Waals surface area contributed by atoms with Gasteiger partial charge in [0.2, 0.25) is 5.91 Å². The van der Waals surface area contributed by atoms with Crippen LogP contribution >= 0.6 is 0 Å². The summed E-state index contributed by atoms with van der Waals surface area (Å²) in [4.78, 5) is 14.5. The molecule has 1 heterocycles. The first kappa shape index (κ1) is 11.3. The van der Waals surface area contributed by atoms with Gasteiger partial charge in [0.05, 0.1) is 23.4 Å². The van der Waals surface area contributed by atoms with Crippen LogP contribution < -0.4 is 17.2 Å². The molecule has 1 amide bonds. The van der Waals surface area contributed by atoms with E-state index in [2.05, 4.69) is 4.98 Å². The highest BCUT2D eigenvalue weighted by atomic mass is 16.1. The summed E-state index contributed by atoms with van der Waals surface area (Å²) in [6.45, 7) is 0. The Morgan fingerprint density at radius 3 is 2.25 bits per heavy atom. The zero-order chi connectivity index (χ0) is 12.3. The van der Waals surface area contributed by atoms with Crippen LogP contribution in [0, 0.1) is 22.7 Å². The Balaban J connectivity index is 3.50. The minimum atomic E-state index is -0.660. The fourth-order valence-electron chi connectivity index (χ4n) is 1.21. The van der Waals surface area contributed by atoms with Crippen molar-refractivity contribution in [2.75, 3.05) is 11.5 Å². The summed E-state index contributed by atoms with van der Waals surface area (Å²) in [7, 11) is 0. The van der Waals surface area contributed by atoms with Crippen LogP contribution in [-0.4, -0.2) is 10.9 Å². The molecule has 0 aliphatic heterocycles. The van der Waals surface area contributed by atoms with Crippen LogP contribution in [0.25, 0.3) is 0 Å². The number of primary amides is 1. The third-order valence-corrected chi connectivity index (χ3v) is 1.90. The lowest BCUT2D eigenvalue weighted by molar-refractivity contribution is -0.117. The predicted octanol–water partition coefficient (Wildman–Crippen LogP) is -0.983. The summed E-state index contributed by atoms with van der Waals surface area (Å²) in [6.07, 6.45) is -0.247. The maximum atomic E-state index is 10.7. The van der Waals surface area contributed by atoms with Crippen molar-refractivity contribution >= 4 is 17.4 Å². The minimum Gasteiger partial charge on any atom is -0.396 e. The third-order valence-electron chi connectivity index (χ3n) is 1.90. The molecule has 0 fully saturated rings. The van der Waals surface area contributed by atoms with E-state index >= 15 is 0 Å². The number of hydrogen-bond acceptors (Lipinski definition) is 6. The molecule has 0 spiro atoms. The third kappa shape index (κ3) is 1.83. The highest BCUT2D eigenvalue weighted by Gasteiger charge is 2.17. The van der Waals surface area contributed by atoms with E-state index in [1.54, 1.807) is 12.1 Å². The smallest absolute Gasteiger partial charge is 0.223 e. The first-order chi connectivity index (χ1) is 7.51. The van der Waals surface area contributed by atoms with Crippen molar-refractivity contribution in [1.29, 1.82) is 10.5 Å². The number of aromatic nitrogens is 1. The average molecular weight is 216 g/mol. The fraction of sp³-hybridized carbons (Fsp3) is 0.111. The molecule has 0 unspecified atom stereocenters. The first-order valence-electron chi connectivity index (χ1n) is 4.17. The maximum Gasteiger partial charge on any atom is 0.223 e. The van der Waals surface area contributed by atoms with Crippen LogP contribution in [-0.2, 0) is 11.2 Å². The van der Waals surface area contributed by atoms with Gasteiger partial charge in [-0.2, -0.15) is 10.5 Å². The monoisotopic (exact) mass is 216 g/mol. The molecule has 0 saturated carbocycles. The van der Waals surface area contributed by atoms with Crippen LogP contribution in [0.2, 0.25) is 0 Å². The molecule has 0 radical (unpaired) electrons. The number of nitrogen functional groups attached to an aromatic ring is 2. The molecule has 0 saturated heterocycles. The Bertz CT molecular complexity index is 536. The van der Waals surface area contributed by atoms with E-state index in [1.165, 1.54) is 0 Å². The largest absolute Gasteiger partial charge is 0.396 e. The van der Waals surface area contributed by atoms with Gasteiger partial charge in [-0.15, -0.1) is 0 Å². The predicted molar refractivity (Wildman–Crippen MR) is 55.4 cm³/mol. The Hall–Kier alpha value is -2.80. The summed E-state index contributed by atoms with van der Waals surface area (Å²) < 4.78 is 0. The molecule has 0 aromatic carbocycles. The van der Waals surface area contributed by atoms with Crippen LogP contribution in [0.1, 0.15) is 16.8 Å². The number of pyridine rings is 1. The van der Waals surface area contributed by atoms with E-state index in [-0.39, 0.29) is 34.7 Å². The molecule has 80 valence electrons. The molecule has 16 heavy (non-hydrogen) atoms. The molecule has 0 aliphatic rings. The van der Waals surface area contributed by atoms with Gasteiger partial charge >= 0.3 is 0 Å². The molecule has 6 N–H and O–H groups in total. The standard InChI is InChI=1S/C9H8N6O/c10-2-4-6(1-7(12)16)15-9(14)5(3-11)8(4)13/h1H2,(H2,12,16)(H4,13,14,15). The molecule has 1 rings (SSSR count). The van der Waals surface area contributed by atoms with Gasteiger partial charge in [-0.25, -0.2) is 4.98 Å². The van der Waals surface area contributed by atoms with Crippen molar-refractivity contribution in [3.8, 4) is 12.1 Å². The van der Waals surface area contributed by atoms with E-state index in [0.717, 1.165) is 0 Å². The van der Waals surface area contributed by atoms with Gasteiger partial charge in [0, 0.05) is 0 Å². The Labute approximate surface area is 91.1 Å². The molecule has 0 bridgehead atoms. The molecule has 1 aromatic heterocycles. The Morgan fingerprint density at radius 1 is 1.25 bits per heavy atom. The van der Waals surface area contributed by atoms with Gasteiger partial charge < -0.3 is 17.2 Å². The highest BCUT2D eigenvalue weighted by molar-refractivity contribution is 5.80. The second-order valence-corrected chi connectivity index (χ2v) is 2.97. The Morgan fingerprint density at radius 2 is 1.81 bits per heavy atom. The Kier molecular flexibility index (Phi) is 2.93. The summed E-state index contributed by atoms with van der Waals surface area (Å²) in [6, 6.07) is 3.51. The van der Waals surface area contributed by atoms with Gasteiger partial charge in [0.15, 0.2) is 0 Å². The lowest BCUT2D eigenvalue weighted by Crippen LogP contribution is -2.17. The van der Waals surface area contributed by atoms with Crippen LogP contribution in [0.5, 0.6) is 0 Å². The van der Waals surface area contributed by atoms with E-state index in [1.807, 2.05) is 0 Å². The molecule has 0 aliphatic carbocycles. The number of amides is 1. The lowest BCUT2D eigenvalue weighted by Gasteiger charge is -2.07. The molecular weight excluding hydrogens is 208 g/mol. The van der Waals surface area contributed by atoms with E-state index in [4.69, 9.17) is 27.7 Å². The van der Waals surface area contributed by atoms with E-state index < -0.39 is 5.91 Å². The van der Waals surface area contributed by atoms with Gasteiger partial charge in [-0.1, -0.05) is 0 Å². The number of anilines is 2. The van der Waals surface area contributed by atoms with Crippen molar-refractivity contribution in [2.24, 2.45) is 5.73 Å². The molecule has 7 heteroatoms. The van der Waals surface area contributed by atoms with Crippen LogP contribution in [0.3, 0.4) is 0 Å². The van der Waals surface area contributed by atoms with Gasteiger partial charge in [-0.3, -0.25) is 4.79 Å². The number of nitriles is 2. The number of nitrogens with two attached hydrogens (primary N) is 3. The number of carbonyl (C=O) groups is 1. The van der Waals surface area contributed by atoms with Crippen LogP contribution in [0.15, 0.2) is 0 Å². The topological polar surface area (TPSA) is 156 Å². The van der Waals surface area contributed by atoms with Gasteiger partial charge in [0.25, 0.3) is 0 Å². The van der Waals surface area contributed by atoms with Crippen molar-refractivity contribution in [1.82, 2.24) is 4.98 Å². The lowest BCUT2D eigenvalue weighted by atomic mass is 10.1. The van der Waals surface area contributed by atoms with Crippen LogP contribution in [0.4, 0.5) is 11.5 Å². The summed E-state index contributed by atoms with van der Waals surface area (Å²) in [5.74, 6) is -0.775. The second kappa shape index (κ2) is 4.15. The second-order valence-electron chi connectivity index (χ2n) is 2.97. The molecule has 1 aromatic rings. The number of carbonyl (C=O) groups excluding carboxylic acids is 1. The molecular formula is C9H8N6O. The van der Waals surface area contributed by atoms with Crippen molar-refractivity contribution < 1.29 is 4.79 Å². The maximum absolute atomic E-state index is 10.7. The molecule has 7 nitrogen and oxygen atoms in total. The first-order valence-corrected chi connectivity index (χ1v) is 4.17. The van der Waals surface area contributed by atoms with E-state index in [0.29, 0.717) is 0 Å². The molecule has 0 atom stereocenters. The summed E-state index contributed by atoms with van der Waals surface area (Å²) >= 11 is 0. The number of nitrogens with zero attached hydrogens (tertiary/aromatic N) is 3. The van der Waals surface area contributed by atoms with Crippen molar-refractivity contribution in [2.45, 2.75) is 6.42 Å². The van der Waals surface area contributed by atoms with Crippen molar-refractivity contribution in [3.63, 3.8) is 0 Å².